The van der Waals surface area contributed by atoms with Crippen LogP contribution >= 0.6 is 0 Å². The summed E-state index contributed by atoms with van der Waals surface area (Å²) in [6, 6.07) is 7.61. The van der Waals surface area contributed by atoms with E-state index in [1.54, 1.807) is 0 Å². The summed E-state index contributed by atoms with van der Waals surface area (Å²) in [4.78, 5) is 11.6. The molecule has 0 atom stereocenters. The summed E-state index contributed by atoms with van der Waals surface area (Å²) in [6.45, 7) is 0.283. The van der Waals surface area contributed by atoms with Crippen LogP contribution in [0.25, 0.3) is 0 Å². The molecule has 0 bridgehead atoms. The van der Waals surface area contributed by atoms with E-state index in [1.807, 2.05) is 24.3 Å². The molecule has 0 amide bonds. The lowest BCUT2D eigenvalue weighted by Gasteiger charge is -2.07. The van der Waals surface area contributed by atoms with Crippen LogP contribution in [0.1, 0.15) is 48.0 Å². The Hall–Kier alpha value is -1.35. The molecule has 18 heavy (non-hydrogen) atoms. The fraction of sp³-hybridized carbons (Fsp3) is 0.533. The number of rotatable bonds is 8. The molecular formula is C15H22O3. The molecule has 0 saturated heterocycles. The van der Waals surface area contributed by atoms with Crippen molar-refractivity contribution in [2.45, 2.75) is 38.5 Å². The minimum Gasteiger partial charge on any atom is -0.465 e. The molecule has 0 aliphatic rings. The van der Waals surface area contributed by atoms with Gasteiger partial charge in [0.2, 0.25) is 0 Å². The van der Waals surface area contributed by atoms with E-state index in [1.165, 1.54) is 7.11 Å². The van der Waals surface area contributed by atoms with Gasteiger partial charge in [0.1, 0.15) is 0 Å². The van der Waals surface area contributed by atoms with Gasteiger partial charge >= 0.3 is 5.97 Å². The molecule has 3 heteroatoms. The van der Waals surface area contributed by atoms with E-state index in [0.29, 0.717) is 5.56 Å². The number of benzene rings is 1. The lowest BCUT2D eigenvalue weighted by Crippen LogP contribution is -2.05. The van der Waals surface area contributed by atoms with Crippen molar-refractivity contribution in [3.8, 4) is 0 Å². The SMILES string of the molecule is COC(=O)c1ccccc1CCCCCCCO. The predicted octanol–water partition coefficient (Wildman–Crippen LogP) is 2.96. The summed E-state index contributed by atoms with van der Waals surface area (Å²) in [6.07, 6.45) is 6.22. The monoisotopic (exact) mass is 250 g/mol. The Morgan fingerprint density at radius 3 is 2.50 bits per heavy atom. The molecule has 1 N–H and O–H groups in total. The summed E-state index contributed by atoms with van der Waals surface area (Å²) < 4.78 is 4.77. The average molecular weight is 250 g/mol. The van der Waals surface area contributed by atoms with Gasteiger partial charge in [0, 0.05) is 6.61 Å². The normalized spacial score (nSPS) is 10.3. The van der Waals surface area contributed by atoms with Crippen LogP contribution in [0.3, 0.4) is 0 Å². The Morgan fingerprint density at radius 1 is 1.11 bits per heavy atom. The van der Waals surface area contributed by atoms with Crippen molar-refractivity contribution in [3.63, 3.8) is 0 Å². The standard InChI is InChI=1S/C15H22O3/c1-18-15(17)14-11-7-6-10-13(14)9-5-3-2-4-8-12-16/h6-7,10-11,16H,2-5,8-9,12H2,1H3. The van der Waals surface area contributed by atoms with Crippen molar-refractivity contribution in [3.05, 3.63) is 35.4 Å². The summed E-state index contributed by atoms with van der Waals surface area (Å²) in [7, 11) is 1.41. The number of aryl methyl sites for hydroxylation is 1. The summed E-state index contributed by atoms with van der Waals surface area (Å²) in [5.41, 5.74) is 1.74. The minimum atomic E-state index is -0.258. The van der Waals surface area contributed by atoms with E-state index in [2.05, 4.69) is 0 Å². The number of unbranched alkanes of at least 4 members (excludes halogenated alkanes) is 4. The number of carbonyl (C=O) groups is 1. The summed E-state index contributed by atoms with van der Waals surface area (Å²) >= 11 is 0. The van der Waals surface area contributed by atoms with E-state index in [4.69, 9.17) is 9.84 Å². The van der Waals surface area contributed by atoms with Crippen molar-refractivity contribution < 1.29 is 14.6 Å². The van der Waals surface area contributed by atoms with Gasteiger partial charge in [-0.15, -0.1) is 0 Å². The zero-order chi connectivity index (χ0) is 13.2. The maximum Gasteiger partial charge on any atom is 0.338 e. The number of carbonyl (C=O) groups excluding carboxylic acids is 1. The first-order valence-electron chi connectivity index (χ1n) is 6.56. The molecule has 0 radical (unpaired) electrons. The van der Waals surface area contributed by atoms with Gasteiger partial charge in [0.15, 0.2) is 0 Å². The third-order valence-corrected chi connectivity index (χ3v) is 3.03. The Morgan fingerprint density at radius 2 is 1.78 bits per heavy atom. The van der Waals surface area contributed by atoms with Crippen LogP contribution in [0.5, 0.6) is 0 Å². The highest BCUT2D eigenvalue weighted by Gasteiger charge is 2.09. The molecule has 0 aliphatic heterocycles. The van der Waals surface area contributed by atoms with Gasteiger partial charge in [0.05, 0.1) is 12.7 Å². The largest absolute Gasteiger partial charge is 0.465 e. The van der Waals surface area contributed by atoms with Crippen LogP contribution in [-0.4, -0.2) is 24.8 Å². The Balaban J connectivity index is 2.39. The van der Waals surface area contributed by atoms with E-state index >= 15 is 0 Å². The van der Waals surface area contributed by atoms with Crippen LogP contribution in [0.2, 0.25) is 0 Å². The first-order chi connectivity index (χ1) is 8.79. The van der Waals surface area contributed by atoms with Crippen LogP contribution < -0.4 is 0 Å². The molecule has 0 spiro atoms. The minimum absolute atomic E-state index is 0.258. The molecule has 0 aliphatic carbocycles. The Bertz CT molecular complexity index is 361. The molecule has 0 heterocycles. The van der Waals surface area contributed by atoms with Crippen LogP contribution in [0.4, 0.5) is 0 Å². The highest BCUT2D eigenvalue weighted by Crippen LogP contribution is 2.14. The first kappa shape index (κ1) is 14.7. The highest BCUT2D eigenvalue weighted by molar-refractivity contribution is 5.90. The van der Waals surface area contributed by atoms with Gasteiger partial charge in [0.25, 0.3) is 0 Å². The van der Waals surface area contributed by atoms with Crippen molar-refractivity contribution >= 4 is 5.97 Å². The number of esters is 1. The number of ether oxygens (including phenoxy) is 1. The van der Waals surface area contributed by atoms with Crippen LogP contribution in [-0.2, 0) is 11.2 Å². The van der Waals surface area contributed by atoms with Gasteiger partial charge in [-0.2, -0.15) is 0 Å². The Labute approximate surface area is 109 Å². The van der Waals surface area contributed by atoms with Crippen molar-refractivity contribution in [1.82, 2.24) is 0 Å². The molecular weight excluding hydrogens is 228 g/mol. The number of aliphatic hydroxyl groups is 1. The third kappa shape index (κ3) is 4.88. The van der Waals surface area contributed by atoms with Crippen LogP contribution in [0.15, 0.2) is 24.3 Å². The number of hydrogen-bond donors (Lipinski definition) is 1. The van der Waals surface area contributed by atoms with Gasteiger partial charge in [-0.05, 0) is 30.9 Å². The second-order valence-corrected chi connectivity index (χ2v) is 4.39. The maximum absolute atomic E-state index is 11.6. The van der Waals surface area contributed by atoms with Gasteiger partial charge in [-0.3, -0.25) is 0 Å². The zero-order valence-electron chi connectivity index (χ0n) is 11.0. The quantitative estimate of drug-likeness (QED) is 0.570. The summed E-state index contributed by atoms with van der Waals surface area (Å²) in [5.74, 6) is -0.258. The molecule has 0 aromatic heterocycles. The molecule has 0 fully saturated rings. The topological polar surface area (TPSA) is 46.5 Å². The molecule has 1 aromatic rings. The first-order valence-corrected chi connectivity index (χ1v) is 6.56. The van der Waals surface area contributed by atoms with E-state index in [9.17, 15) is 4.79 Å². The third-order valence-electron chi connectivity index (χ3n) is 3.03. The second kappa shape index (κ2) is 8.70. The van der Waals surface area contributed by atoms with E-state index in [0.717, 1.165) is 44.1 Å². The van der Waals surface area contributed by atoms with Crippen molar-refractivity contribution in [2.24, 2.45) is 0 Å². The van der Waals surface area contributed by atoms with Gasteiger partial charge in [-0.25, -0.2) is 4.79 Å². The summed E-state index contributed by atoms with van der Waals surface area (Å²) in [5, 5.41) is 8.67. The molecule has 100 valence electrons. The van der Waals surface area contributed by atoms with Crippen molar-refractivity contribution in [1.29, 1.82) is 0 Å². The fourth-order valence-corrected chi connectivity index (χ4v) is 2.00. The number of hydrogen-bond acceptors (Lipinski definition) is 3. The fourth-order valence-electron chi connectivity index (χ4n) is 2.00. The maximum atomic E-state index is 11.6. The van der Waals surface area contributed by atoms with E-state index in [-0.39, 0.29) is 12.6 Å². The Kier molecular flexibility index (Phi) is 7.11. The van der Waals surface area contributed by atoms with Gasteiger partial charge < -0.3 is 9.84 Å². The highest BCUT2D eigenvalue weighted by atomic mass is 16.5. The second-order valence-electron chi connectivity index (χ2n) is 4.39. The molecule has 3 nitrogen and oxygen atoms in total. The molecule has 1 aromatic carbocycles. The molecule has 0 saturated carbocycles. The lowest BCUT2D eigenvalue weighted by molar-refractivity contribution is 0.0599. The lowest BCUT2D eigenvalue weighted by atomic mass is 10.0. The smallest absolute Gasteiger partial charge is 0.338 e. The van der Waals surface area contributed by atoms with Crippen molar-refractivity contribution in [2.75, 3.05) is 13.7 Å². The predicted molar refractivity (Wildman–Crippen MR) is 71.7 cm³/mol. The number of methoxy groups -OCH3 is 1. The van der Waals surface area contributed by atoms with E-state index < -0.39 is 0 Å². The zero-order valence-corrected chi connectivity index (χ0v) is 11.0. The average Bonchev–Trinajstić information content (AvgIpc) is 2.42. The van der Waals surface area contributed by atoms with Crippen LogP contribution in [0, 0.1) is 0 Å². The van der Waals surface area contributed by atoms with Gasteiger partial charge in [-0.1, -0.05) is 37.5 Å². The number of aliphatic hydroxyl groups excluding tert-OH is 1. The molecule has 0 unspecified atom stereocenters. The molecule has 1 rings (SSSR count).